The first-order valence-corrected chi connectivity index (χ1v) is 5.79. The first-order chi connectivity index (χ1) is 7.76. The Morgan fingerprint density at radius 3 is 2.12 bits per heavy atom. The van der Waals surface area contributed by atoms with E-state index in [1.807, 2.05) is 20.8 Å². The van der Waals surface area contributed by atoms with Crippen molar-refractivity contribution in [2.45, 2.75) is 52.1 Å². The van der Waals surface area contributed by atoms with Gasteiger partial charge >= 0.3 is 5.97 Å². The molecule has 0 aliphatic heterocycles. The second kappa shape index (κ2) is 7.27. The zero-order valence-corrected chi connectivity index (χ0v) is 11.4. The number of rotatable bonds is 6. The molecule has 0 unspecified atom stereocenters. The van der Waals surface area contributed by atoms with Gasteiger partial charge in [-0.25, -0.2) is 5.06 Å². The van der Waals surface area contributed by atoms with Crippen molar-refractivity contribution in [2.75, 3.05) is 14.2 Å². The van der Waals surface area contributed by atoms with Gasteiger partial charge in [-0.05, 0) is 33.6 Å². The summed E-state index contributed by atoms with van der Waals surface area (Å²) >= 11 is 0. The topological polar surface area (TPSA) is 55.8 Å². The van der Waals surface area contributed by atoms with Gasteiger partial charge in [0.1, 0.15) is 5.60 Å². The van der Waals surface area contributed by atoms with E-state index in [4.69, 9.17) is 9.57 Å². The number of carbonyl (C=O) groups excluding carboxylic acids is 2. The third-order valence-corrected chi connectivity index (χ3v) is 2.07. The smallest absolute Gasteiger partial charge is 0.306 e. The normalized spacial score (nSPS) is 11.1. The number of hydrogen-bond donors (Lipinski definition) is 0. The minimum absolute atomic E-state index is 0.0864. The highest BCUT2D eigenvalue weighted by Crippen LogP contribution is 2.10. The maximum atomic E-state index is 11.4. The highest BCUT2D eigenvalue weighted by molar-refractivity contribution is 5.74. The Hall–Kier alpha value is -1.10. The molecular formula is C12H23NO4. The summed E-state index contributed by atoms with van der Waals surface area (Å²) in [5.74, 6) is -0.304. The standard InChI is InChI=1S/C12H23NO4/c1-12(2,3)17-11(15)9-7-6-8-10(14)13(4)16-5/h6-9H2,1-5H3. The summed E-state index contributed by atoms with van der Waals surface area (Å²) in [5, 5.41) is 1.19. The molecule has 0 aliphatic carbocycles. The van der Waals surface area contributed by atoms with E-state index < -0.39 is 5.60 Å². The Balaban J connectivity index is 3.65. The summed E-state index contributed by atoms with van der Waals surface area (Å²) in [4.78, 5) is 27.4. The van der Waals surface area contributed by atoms with E-state index in [-0.39, 0.29) is 11.9 Å². The van der Waals surface area contributed by atoms with Crippen molar-refractivity contribution in [3.05, 3.63) is 0 Å². The fourth-order valence-electron chi connectivity index (χ4n) is 1.20. The van der Waals surface area contributed by atoms with Crippen LogP contribution >= 0.6 is 0 Å². The summed E-state index contributed by atoms with van der Waals surface area (Å²) in [6.07, 6.45) is 2.04. The molecule has 0 aliphatic rings. The largest absolute Gasteiger partial charge is 0.460 e. The van der Waals surface area contributed by atoms with Gasteiger partial charge in [-0.2, -0.15) is 0 Å². The Morgan fingerprint density at radius 2 is 1.65 bits per heavy atom. The second-order valence-electron chi connectivity index (χ2n) is 4.87. The molecule has 0 aromatic heterocycles. The first kappa shape index (κ1) is 15.9. The Labute approximate surface area is 103 Å². The van der Waals surface area contributed by atoms with Crippen LogP contribution in [0.3, 0.4) is 0 Å². The average molecular weight is 245 g/mol. The molecule has 0 atom stereocenters. The molecule has 0 N–H and O–H groups in total. The van der Waals surface area contributed by atoms with Gasteiger partial charge in [0.2, 0.25) is 5.91 Å². The molecule has 100 valence electrons. The molecule has 5 heteroatoms. The number of ether oxygens (including phenoxy) is 1. The summed E-state index contributed by atoms with van der Waals surface area (Å²) in [6.45, 7) is 5.51. The van der Waals surface area contributed by atoms with E-state index in [2.05, 4.69) is 0 Å². The zero-order valence-electron chi connectivity index (χ0n) is 11.4. The number of carbonyl (C=O) groups is 2. The van der Waals surface area contributed by atoms with Crippen molar-refractivity contribution >= 4 is 11.9 Å². The number of nitrogens with zero attached hydrogens (tertiary/aromatic N) is 1. The number of unbranched alkanes of at least 4 members (excludes halogenated alkanes) is 1. The van der Waals surface area contributed by atoms with Crippen LogP contribution in [0.25, 0.3) is 0 Å². The lowest BCUT2D eigenvalue weighted by atomic mass is 10.1. The van der Waals surface area contributed by atoms with Crippen LogP contribution in [0, 0.1) is 0 Å². The Morgan fingerprint density at radius 1 is 1.12 bits per heavy atom. The van der Waals surface area contributed by atoms with Crippen LogP contribution in [-0.4, -0.2) is 36.7 Å². The molecule has 0 saturated carbocycles. The van der Waals surface area contributed by atoms with Gasteiger partial charge < -0.3 is 4.74 Å². The van der Waals surface area contributed by atoms with Gasteiger partial charge in [0, 0.05) is 19.9 Å². The van der Waals surface area contributed by atoms with E-state index in [1.165, 1.54) is 12.2 Å². The van der Waals surface area contributed by atoms with Crippen LogP contribution in [0.1, 0.15) is 46.5 Å². The minimum atomic E-state index is -0.441. The van der Waals surface area contributed by atoms with Gasteiger partial charge in [0.15, 0.2) is 0 Å². The van der Waals surface area contributed by atoms with Gasteiger partial charge in [0.25, 0.3) is 0 Å². The predicted molar refractivity (Wildman–Crippen MR) is 64.1 cm³/mol. The quantitative estimate of drug-likeness (QED) is 0.407. The molecule has 0 radical (unpaired) electrons. The van der Waals surface area contributed by atoms with E-state index in [1.54, 1.807) is 7.05 Å². The predicted octanol–water partition coefficient (Wildman–Crippen LogP) is 1.91. The summed E-state index contributed by atoms with van der Waals surface area (Å²) < 4.78 is 5.15. The molecule has 1 amide bonds. The van der Waals surface area contributed by atoms with Gasteiger partial charge in [-0.3, -0.25) is 14.4 Å². The molecule has 0 bridgehead atoms. The third-order valence-electron chi connectivity index (χ3n) is 2.07. The average Bonchev–Trinajstić information content (AvgIpc) is 2.20. The molecule has 5 nitrogen and oxygen atoms in total. The maximum absolute atomic E-state index is 11.4. The van der Waals surface area contributed by atoms with Crippen LogP contribution in [0.4, 0.5) is 0 Å². The molecule has 17 heavy (non-hydrogen) atoms. The Kier molecular flexibility index (Phi) is 6.80. The van der Waals surface area contributed by atoms with Crippen molar-refractivity contribution in [1.82, 2.24) is 5.06 Å². The summed E-state index contributed by atoms with van der Waals surface area (Å²) in [5.41, 5.74) is -0.441. The van der Waals surface area contributed by atoms with Gasteiger partial charge in [0.05, 0.1) is 7.11 Å². The van der Waals surface area contributed by atoms with Crippen LogP contribution in [0.15, 0.2) is 0 Å². The van der Waals surface area contributed by atoms with Gasteiger partial charge in [-0.1, -0.05) is 0 Å². The lowest BCUT2D eigenvalue weighted by molar-refractivity contribution is -0.169. The zero-order chi connectivity index (χ0) is 13.5. The lowest BCUT2D eigenvalue weighted by Crippen LogP contribution is -2.25. The van der Waals surface area contributed by atoms with Crippen LogP contribution in [-0.2, 0) is 19.2 Å². The summed E-state index contributed by atoms with van der Waals surface area (Å²) in [7, 11) is 3.01. The van der Waals surface area contributed by atoms with Crippen molar-refractivity contribution in [1.29, 1.82) is 0 Å². The SMILES string of the molecule is CON(C)C(=O)CCCCC(=O)OC(C)(C)C. The Bertz CT molecular complexity index is 258. The van der Waals surface area contributed by atoms with E-state index in [0.29, 0.717) is 25.7 Å². The van der Waals surface area contributed by atoms with Crippen LogP contribution in [0.2, 0.25) is 0 Å². The molecule has 0 saturated heterocycles. The van der Waals surface area contributed by atoms with Crippen molar-refractivity contribution < 1.29 is 19.2 Å². The monoisotopic (exact) mass is 245 g/mol. The number of hydroxylamine groups is 2. The van der Waals surface area contributed by atoms with Crippen molar-refractivity contribution in [3.8, 4) is 0 Å². The van der Waals surface area contributed by atoms with E-state index in [9.17, 15) is 9.59 Å². The first-order valence-electron chi connectivity index (χ1n) is 5.79. The van der Waals surface area contributed by atoms with E-state index >= 15 is 0 Å². The molecule has 0 fully saturated rings. The molecule has 0 spiro atoms. The lowest BCUT2D eigenvalue weighted by Gasteiger charge is -2.19. The fourth-order valence-corrected chi connectivity index (χ4v) is 1.20. The molecule has 0 aromatic rings. The molecular weight excluding hydrogens is 222 g/mol. The third kappa shape index (κ3) is 8.68. The molecule has 0 heterocycles. The van der Waals surface area contributed by atoms with E-state index in [0.717, 1.165) is 0 Å². The number of amides is 1. The number of hydrogen-bond acceptors (Lipinski definition) is 4. The van der Waals surface area contributed by atoms with Gasteiger partial charge in [-0.15, -0.1) is 0 Å². The van der Waals surface area contributed by atoms with Crippen molar-refractivity contribution in [2.24, 2.45) is 0 Å². The summed E-state index contributed by atoms with van der Waals surface area (Å²) in [6, 6.07) is 0. The number of esters is 1. The maximum Gasteiger partial charge on any atom is 0.306 e. The molecule has 0 rings (SSSR count). The van der Waals surface area contributed by atoms with Crippen LogP contribution in [0.5, 0.6) is 0 Å². The highest BCUT2D eigenvalue weighted by atomic mass is 16.7. The van der Waals surface area contributed by atoms with Crippen molar-refractivity contribution in [3.63, 3.8) is 0 Å². The minimum Gasteiger partial charge on any atom is -0.460 e. The molecule has 0 aromatic carbocycles. The fraction of sp³-hybridized carbons (Fsp3) is 0.833. The van der Waals surface area contributed by atoms with Crippen LogP contribution < -0.4 is 0 Å². The highest BCUT2D eigenvalue weighted by Gasteiger charge is 2.16. The second-order valence-corrected chi connectivity index (χ2v) is 4.87.